The highest BCUT2D eigenvalue weighted by molar-refractivity contribution is 6.26. The van der Waals surface area contributed by atoms with Gasteiger partial charge >= 0.3 is 0 Å². The van der Waals surface area contributed by atoms with Crippen LogP contribution in [0.5, 0.6) is 0 Å². The quantitative estimate of drug-likeness (QED) is 0.155. The van der Waals surface area contributed by atoms with Crippen LogP contribution in [-0.2, 0) is 12.8 Å². The minimum absolute atomic E-state index is 0.420. The lowest BCUT2D eigenvalue weighted by molar-refractivity contribution is 0.669. The summed E-state index contributed by atoms with van der Waals surface area (Å²) in [7, 11) is 0. The van der Waals surface area contributed by atoms with Gasteiger partial charge in [0.25, 0.3) is 0 Å². The minimum atomic E-state index is 0.420. The number of fused-ring (bicyclic) bond motifs is 9. The third kappa shape index (κ3) is 5.43. The van der Waals surface area contributed by atoms with Gasteiger partial charge in [0.05, 0.1) is 0 Å². The van der Waals surface area contributed by atoms with Crippen molar-refractivity contribution in [3.05, 3.63) is 205 Å². The molecule has 0 saturated heterocycles. The molecule has 1 unspecified atom stereocenters. The molecule has 0 bridgehead atoms. The van der Waals surface area contributed by atoms with Crippen LogP contribution in [-0.4, -0.2) is 0 Å². The summed E-state index contributed by atoms with van der Waals surface area (Å²) in [5.41, 5.74) is 10.9. The van der Waals surface area contributed by atoms with Gasteiger partial charge in [0.2, 0.25) is 0 Å². The van der Waals surface area contributed by atoms with Gasteiger partial charge in [-0.15, -0.1) is 0 Å². The summed E-state index contributed by atoms with van der Waals surface area (Å²) in [6.45, 7) is 0. The Bertz CT molecular complexity index is 2860. The van der Waals surface area contributed by atoms with E-state index in [9.17, 15) is 0 Å². The molecule has 0 fully saturated rings. The molecule has 0 radical (unpaired) electrons. The Balaban J connectivity index is 1.01. The number of rotatable bonds is 7. The number of furan rings is 1. The molecule has 0 aliphatic rings. The van der Waals surface area contributed by atoms with Crippen molar-refractivity contribution < 1.29 is 4.42 Å². The highest BCUT2D eigenvalue weighted by Crippen LogP contribution is 2.40. The van der Waals surface area contributed by atoms with Crippen LogP contribution in [0, 0.1) is 0 Å². The van der Waals surface area contributed by atoms with Crippen molar-refractivity contribution in [3.8, 4) is 22.3 Å². The van der Waals surface area contributed by atoms with Gasteiger partial charge in [-0.25, -0.2) is 0 Å². The zero-order chi connectivity index (χ0) is 34.4. The Kier molecular flexibility index (Phi) is 7.43. The molecule has 1 heterocycles. The Hall–Kier alpha value is -6.44. The lowest BCUT2D eigenvalue weighted by Gasteiger charge is -2.18. The Labute approximate surface area is 303 Å². The Morgan fingerprint density at radius 1 is 0.308 bits per heavy atom. The van der Waals surface area contributed by atoms with E-state index in [4.69, 9.17) is 4.42 Å². The smallest absolute Gasteiger partial charge is 0.135 e. The summed E-state index contributed by atoms with van der Waals surface area (Å²) in [6.07, 6.45) is 2.03. The van der Waals surface area contributed by atoms with Crippen LogP contribution in [0.4, 0.5) is 0 Å². The van der Waals surface area contributed by atoms with Crippen molar-refractivity contribution in [3.63, 3.8) is 0 Å². The molecule has 52 heavy (non-hydrogen) atoms. The van der Waals surface area contributed by atoms with Crippen LogP contribution < -0.4 is 0 Å². The van der Waals surface area contributed by atoms with Crippen LogP contribution in [0.2, 0.25) is 0 Å². The second-order valence-electron chi connectivity index (χ2n) is 14.1. The summed E-state index contributed by atoms with van der Waals surface area (Å²) in [6, 6.07) is 68.7. The zero-order valence-corrected chi connectivity index (χ0v) is 28.8. The van der Waals surface area contributed by atoms with E-state index in [1.807, 2.05) is 12.1 Å². The van der Waals surface area contributed by atoms with Gasteiger partial charge in [0.15, 0.2) is 0 Å². The Morgan fingerprint density at radius 2 is 0.750 bits per heavy atom. The van der Waals surface area contributed by atoms with Crippen LogP contribution in [0.15, 0.2) is 192 Å². The molecule has 1 atom stereocenters. The molecule has 1 aromatic heterocycles. The average Bonchev–Trinajstić information content (AvgIpc) is 3.59. The van der Waals surface area contributed by atoms with Crippen molar-refractivity contribution in [2.24, 2.45) is 0 Å². The van der Waals surface area contributed by atoms with E-state index in [2.05, 4.69) is 176 Å². The van der Waals surface area contributed by atoms with Gasteiger partial charge in [-0.05, 0) is 120 Å². The molecule has 1 heteroatoms. The van der Waals surface area contributed by atoms with E-state index >= 15 is 0 Å². The summed E-state index contributed by atoms with van der Waals surface area (Å²) in [4.78, 5) is 0. The Morgan fingerprint density at radius 3 is 1.40 bits per heavy atom. The number of hydrogen-bond acceptors (Lipinski definition) is 1. The third-order valence-electron chi connectivity index (χ3n) is 10.9. The van der Waals surface area contributed by atoms with E-state index < -0.39 is 0 Å². The predicted molar refractivity (Wildman–Crippen MR) is 220 cm³/mol. The highest BCUT2D eigenvalue weighted by Gasteiger charge is 2.15. The maximum atomic E-state index is 6.12. The van der Waals surface area contributed by atoms with E-state index in [1.54, 1.807) is 0 Å². The predicted octanol–water partition coefficient (Wildman–Crippen LogP) is 13.9. The summed E-state index contributed by atoms with van der Waals surface area (Å²) in [5, 5.41) is 9.99. The second kappa shape index (κ2) is 12.7. The molecular formula is C51H36O. The summed E-state index contributed by atoms with van der Waals surface area (Å²) >= 11 is 0. The number of hydrogen-bond donors (Lipinski definition) is 0. The first-order valence-corrected chi connectivity index (χ1v) is 18.2. The van der Waals surface area contributed by atoms with E-state index in [0.29, 0.717) is 5.92 Å². The molecule has 10 rings (SSSR count). The molecule has 246 valence electrons. The average molecular weight is 665 g/mol. The fourth-order valence-corrected chi connectivity index (χ4v) is 8.27. The lowest BCUT2D eigenvalue weighted by atomic mass is 9.86. The van der Waals surface area contributed by atoms with Crippen LogP contribution in [0.25, 0.3) is 76.5 Å². The first-order valence-electron chi connectivity index (χ1n) is 18.2. The van der Waals surface area contributed by atoms with Gasteiger partial charge in [0, 0.05) is 10.8 Å². The van der Waals surface area contributed by atoms with Gasteiger partial charge in [0.1, 0.15) is 11.2 Å². The lowest BCUT2D eigenvalue weighted by Crippen LogP contribution is -2.07. The molecule has 0 spiro atoms. The fourth-order valence-electron chi connectivity index (χ4n) is 8.27. The van der Waals surface area contributed by atoms with Crippen LogP contribution >= 0.6 is 0 Å². The molecule has 0 aliphatic heterocycles. The fraction of sp³-hybridized carbons (Fsp3) is 0.0588. The second-order valence-corrected chi connectivity index (χ2v) is 14.1. The molecular weight excluding hydrogens is 629 g/mol. The number of para-hydroxylation sites is 1. The molecule has 0 saturated carbocycles. The van der Waals surface area contributed by atoms with E-state index in [0.717, 1.165) is 34.8 Å². The summed E-state index contributed by atoms with van der Waals surface area (Å²) < 4.78 is 6.12. The standard InChI is InChI=1S/C51H36O/c1-3-11-34(12-4-1)29-41(36-13-5-2-6-14-36)30-35-19-21-37(22-20-35)38-23-26-44-45-27-24-39(32-48(45)43-16-8-7-15-42(43)47(44)31-38)40-25-28-51-49(33-40)46-17-9-10-18-50(46)52-51/h1-28,31-33,41H,29-30H2. The first-order chi connectivity index (χ1) is 25.7. The third-order valence-corrected chi connectivity index (χ3v) is 10.9. The van der Waals surface area contributed by atoms with Crippen LogP contribution in [0.1, 0.15) is 22.6 Å². The van der Waals surface area contributed by atoms with Gasteiger partial charge in [-0.3, -0.25) is 0 Å². The normalized spacial score (nSPS) is 12.3. The molecule has 10 aromatic rings. The molecule has 1 nitrogen and oxygen atoms in total. The van der Waals surface area contributed by atoms with Crippen LogP contribution in [0.3, 0.4) is 0 Å². The largest absolute Gasteiger partial charge is 0.456 e. The van der Waals surface area contributed by atoms with Crippen molar-refractivity contribution in [1.29, 1.82) is 0 Å². The van der Waals surface area contributed by atoms with Crippen molar-refractivity contribution in [2.75, 3.05) is 0 Å². The van der Waals surface area contributed by atoms with Crippen molar-refractivity contribution >= 4 is 54.3 Å². The monoisotopic (exact) mass is 664 g/mol. The maximum Gasteiger partial charge on any atom is 0.135 e. The van der Waals surface area contributed by atoms with Crippen molar-refractivity contribution in [2.45, 2.75) is 18.8 Å². The topological polar surface area (TPSA) is 13.1 Å². The van der Waals surface area contributed by atoms with E-state index in [1.165, 1.54) is 71.3 Å². The summed E-state index contributed by atoms with van der Waals surface area (Å²) in [5.74, 6) is 0.420. The van der Waals surface area contributed by atoms with Gasteiger partial charge in [-0.2, -0.15) is 0 Å². The molecule has 0 N–H and O–H groups in total. The molecule has 0 aliphatic carbocycles. The zero-order valence-electron chi connectivity index (χ0n) is 28.8. The van der Waals surface area contributed by atoms with Gasteiger partial charge < -0.3 is 4.42 Å². The van der Waals surface area contributed by atoms with Gasteiger partial charge in [-0.1, -0.05) is 158 Å². The first kappa shape index (κ1) is 30.4. The van der Waals surface area contributed by atoms with Crippen molar-refractivity contribution in [1.82, 2.24) is 0 Å². The number of benzene rings is 9. The van der Waals surface area contributed by atoms with E-state index in [-0.39, 0.29) is 0 Å². The SMILES string of the molecule is c1ccc(CC(Cc2ccc(-c3ccc4c5ccc(-c6ccc7oc8ccccc8c7c6)cc5c5ccccc5c4c3)cc2)c2ccccc2)cc1. The molecule has 9 aromatic carbocycles. The molecule has 0 amide bonds. The maximum absolute atomic E-state index is 6.12. The minimum Gasteiger partial charge on any atom is -0.456 e. The highest BCUT2D eigenvalue weighted by atomic mass is 16.3.